The Balaban J connectivity index is 1.47. The standard InChI is InChI=1S/C22H28N2O2S/c1-16(11-12-25)14-26-15-17(2)13-23-19-9-7-18(8-10-19)22-24-20-5-3-4-6-21(20)27-22/h3-10,16-17,23,25H,11-15H2,1-2H3. The van der Waals surface area contributed by atoms with Gasteiger partial charge in [0.15, 0.2) is 0 Å². The lowest BCUT2D eigenvalue weighted by Gasteiger charge is -2.16. The second-order valence-corrected chi connectivity index (χ2v) is 8.24. The third-order valence-corrected chi connectivity index (χ3v) is 5.59. The summed E-state index contributed by atoms with van der Waals surface area (Å²) >= 11 is 1.73. The molecule has 5 heteroatoms. The van der Waals surface area contributed by atoms with Gasteiger partial charge < -0.3 is 15.2 Å². The number of benzene rings is 2. The Kier molecular flexibility index (Phi) is 7.21. The van der Waals surface area contributed by atoms with E-state index in [9.17, 15) is 0 Å². The molecule has 2 unspecified atom stereocenters. The molecule has 0 aliphatic rings. The molecule has 0 aliphatic heterocycles. The van der Waals surface area contributed by atoms with Gasteiger partial charge in [0, 0.05) is 31.0 Å². The van der Waals surface area contributed by atoms with Gasteiger partial charge in [-0.05, 0) is 54.7 Å². The summed E-state index contributed by atoms with van der Waals surface area (Å²) in [5.41, 5.74) is 3.32. The topological polar surface area (TPSA) is 54.4 Å². The molecule has 0 amide bonds. The first kappa shape index (κ1) is 19.8. The number of hydrogen-bond donors (Lipinski definition) is 2. The number of rotatable bonds is 10. The quantitative estimate of drug-likeness (QED) is 0.514. The van der Waals surface area contributed by atoms with Gasteiger partial charge >= 0.3 is 0 Å². The highest BCUT2D eigenvalue weighted by Gasteiger charge is 2.07. The minimum absolute atomic E-state index is 0.231. The number of anilines is 1. The molecule has 144 valence electrons. The van der Waals surface area contributed by atoms with Gasteiger partial charge in [-0.3, -0.25) is 0 Å². The highest BCUT2D eigenvalue weighted by Crippen LogP contribution is 2.30. The van der Waals surface area contributed by atoms with Crippen molar-refractivity contribution in [3.63, 3.8) is 0 Å². The Morgan fingerprint density at radius 3 is 2.52 bits per heavy atom. The summed E-state index contributed by atoms with van der Waals surface area (Å²) in [7, 11) is 0. The predicted octanol–water partition coefficient (Wildman–Crippen LogP) is 5.05. The number of aromatic nitrogens is 1. The third kappa shape index (κ3) is 5.76. The lowest BCUT2D eigenvalue weighted by atomic mass is 10.1. The number of thiazole rings is 1. The van der Waals surface area contributed by atoms with Crippen LogP contribution in [0.4, 0.5) is 5.69 Å². The molecule has 1 heterocycles. The van der Waals surface area contributed by atoms with E-state index in [0.29, 0.717) is 18.4 Å². The molecule has 2 atom stereocenters. The number of hydrogen-bond acceptors (Lipinski definition) is 5. The predicted molar refractivity (Wildman–Crippen MR) is 114 cm³/mol. The highest BCUT2D eigenvalue weighted by molar-refractivity contribution is 7.21. The fourth-order valence-corrected chi connectivity index (χ4v) is 3.82. The van der Waals surface area contributed by atoms with Gasteiger partial charge in [-0.25, -0.2) is 4.98 Å². The van der Waals surface area contributed by atoms with Crippen LogP contribution in [0.3, 0.4) is 0 Å². The molecule has 0 spiro atoms. The van der Waals surface area contributed by atoms with E-state index in [4.69, 9.17) is 14.8 Å². The van der Waals surface area contributed by atoms with Crippen molar-refractivity contribution in [3.8, 4) is 10.6 Å². The van der Waals surface area contributed by atoms with E-state index >= 15 is 0 Å². The number of nitrogens with one attached hydrogen (secondary N) is 1. The number of nitrogens with zero attached hydrogens (tertiary/aromatic N) is 1. The van der Waals surface area contributed by atoms with Crippen molar-refractivity contribution in [1.82, 2.24) is 4.98 Å². The van der Waals surface area contributed by atoms with E-state index < -0.39 is 0 Å². The van der Waals surface area contributed by atoms with E-state index in [1.54, 1.807) is 11.3 Å². The number of fused-ring (bicyclic) bond motifs is 1. The molecule has 3 rings (SSSR count). The maximum Gasteiger partial charge on any atom is 0.124 e. The van der Waals surface area contributed by atoms with Crippen molar-refractivity contribution in [3.05, 3.63) is 48.5 Å². The molecule has 0 bridgehead atoms. The first-order chi connectivity index (χ1) is 13.2. The molecule has 0 fully saturated rings. The van der Waals surface area contributed by atoms with Crippen LogP contribution in [-0.2, 0) is 4.74 Å². The third-order valence-electron chi connectivity index (χ3n) is 4.51. The van der Waals surface area contributed by atoms with Crippen LogP contribution >= 0.6 is 11.3 Å². The van der Waals surface area contributed by atoms with Gasteiger partial charge in [-0.15, -0.1) is 11.3 Å². The van der Waals surface area contributed by atoms with E-state index in [2.05, 4.69) is 61.6 Å². The smallest absolute Gasteiger partial charge is 0.124 e. The van der Waals surface area contributed by atoms with E-state index in [0.717, 1.165) is 41.3 Å². The highest BCUT2D eigenvalue weighted by atomic mass is 32.1. The van der Waals surface area contributed by atoms with Gasteiger partial charge in [0.1, 0.15) is 5.01 Å². The number of ether oxygens (including phenoxy) is 1. The average molecular weight is 385 g/mol. The fourth-order valence-electron chi connectivity index (χ4n) is 2.85. The molecule has 27 heavy (non-hydrogen) atoms. The Labute approximate surface area is 165 Å². The van der Waals surface area contributed by atoms with Gasteiger partial charge in [0.25, 0.3) is 0 Å². The Morgan fingerprint density at radius 1 is 1.04 bits per heavy atom. The van der Waals surface area contributed by atoms with Gasteiger partial charge in [0.2, 0.25) is 0 Å². The fraction of sp³-hybridized carbons (Fsp3) is 0.409. The normalized spacial score (nSPS) is 13.6. The largest absolute Gasteiger partial charge is 0.396 e. The molecule has 0 saturated carbocycles. The molecule has 0 saturated heterocycles. The molecule has 0 radical (unpaired) electrons. The Bertz CT molecular complexity index is 799. The van der Waals surface area contributed by atoms with Crippen LogP contribution in [-0.4, -0.2) is 36.5 Å². The lowest BCUT2D eigenvalue weighted by molar-refractivity contribution is 0.0748. The number of aliphatic hydroxyl groups excluding tert-OH is 1. The first-order valence-corrected chi connectivity index (χ1v) is 10.4. The van der Waals surface area contributed by atoms with Crippen LogP contribution in [0.15, 0.2) is 48.5 Å². The molecular formula is C22H28N2O2S. The molecule has 2 N–H and O–H groups in total. The summed E-state index contributed by atoms with van der Waals surface area (Å²) in [5.74, 6) is 0.834. The van der Waals surface area contributed by atoms with E-state index in [1.165, 1.54) is 4.70 Å². The van der Waals surface area contributed by atoms with E-state index in [1.807, 2.05) is 6.07 Å². The van der Waals surface area contributed by atoms with Gasteiger partial charge in [-0.1, -0.05) is 26.0 Å². The molecule has 4 nitrogen and oxygen atoms in total. The van der Waals surface area contributed by atoms with Crippen molar-refractivity contribution in [2.24, 2.45) is 11.8 Å². The van der Waals surface area contributed by atoms with Crippen LogP contribution in [0.2, 0.25) is 0 Å². The Hall–Kier alpha value is -1.95. The van der Waals surface area contributed by atoms with Crippen LogP contribution in [0.1, 0.15) is 20.3 Å². The molecule has 2 aromatic carbocycles. The van der Waals surface area contributed by atoms with Crippen LogP contribution in [0.5, 0.6) is 0 Å². The summed E-state index contributed by atoms with van der Waals surface area (Å²) in [6, 6.07) is 16.7. The lowest BCUT2D eigenvalue weighted by Crippen LogP contribution is -2.18. The van der Waals surface area contributed by atoms with Crippen molar-refractivity contribution in [2.75, 3.05) is 31.7 Å². The minimum atomic E-state index is 0.231. The summed E-state index contributed by atoms with van der Waals surface area (Å²) in [6.07, 6.45) is 0.799. The summed E-state index contributed by atoms with van der Waals surface area (Å²) in [4.78, 5) is 4.71. The molecule has 0 aliphatic carbocycles. The number of para-hydroxylation sites is 1. The summed E-state index contributed by atoms with van der Waals surface area (Å²) in [5, 5.41) is 13.4. The molecule has 1 aromatic heterocycles. The first-order valence-electron chi connectivity index (χ1n) is 9.54. The summed E-state index contributed by atoms with van der Waals surface area (Å²) < 4.78 is 6.97. The van der Waals surface area contributed by atoms with Gasteiger partial charge in [-0.2, -0.15) is 0 Å². The average Bonchev–Trinajstić information content (AvgIpc) is 3.11. The van der Waals surface area contributed by atoms with Gasteiger partial charge in [0.05, 0.1) is 16.8 Å². The monoisotopic (exact) mass is 384 g/mol. The molecule has 3 aromatic rings. The zero-order chi connectivity index (χ0) is 19.1. The van der Waals surface area contributed by atoms with Crippen LogP contribution < -0.4 is 5.32 Å². The second kappa shape index (κ2) is 9.83. The maximum absolute atomic E-state index is 8.92. The molecular weight excluding hydrogens is 356 g/mol. The minimum Gasteiger partial charge on any atom is -0.396 e. The SMILES string of the molecule is CC(CCO)COCC(C)CNc1ccc(-c2nc3ccccc3s2)cc1. The maximum atomic E-state index is 8.92. The zero-order valence-corrected chi connectivity index (χ0v) is 16.8. The van der Waals surface area contributed by atoms with Crippen molar-refractivity contribution < 1.29 is 9.84 Å². The van der Waals surface area contributed by atoms with Crippen molar-refractivity contribution >= 4 is 27.2 Å². The van der Waals surface area contributed by atoms with E-state index in [-0.39, 0.29) is 6.61 Å². The Morgan fingerprint density at radius 2 is 1.78 bits per heavy atom. The number of aliphatic hydroxyl groups is 1. The van der Waals surface area contributed by atoms with Crippen molar-refractivity contribution in [1.29, 1.82) is 0 Å². The zero-order valence-electron chi connectivity index (χ0n) is 16.0. The van der Waals surface area contributed by atoms with Crippen molar-refractivity contribution in [2.45, 2.75) is 20.3 Å². The van der Waals surface area contributed by atoms with Crippen LogP contribution in [0.25, 0.3) is 20.8 Å². The van der Waals surface area contributed by atoms with Crippen LogP contribution in [0, 0.1) is 11.8 Å². The summed E-state index contributed by atoms with van der Waals surface area (Å²) in [6.45, 7) is 6.82. The second-order valence-electron chi connectivity index (χ2n) is 7.21.